The summed E-state index contributed by atoms with van der Waals surface area (Å²) in [4.78, 5) is 9.84. The minimum Gasteiger partial charge on any atom is -0.423 e. The number of hydrogen-bond acceptors (Lipinski definition) is 5. The molecule has 2 N–H and O–H groups in total. The summed E-state index contributed by atoms with van der Waals surface area (Å²) < 4.78 is 2.75. The quantitative estimate of drug-likeness (QED) is 0.522. The normalized spacial score (nSPS) is 15.0. The van der Waals surface area contributed by atoms with E-state index in [0.29, 0.717) is 4.78 Å². The van der Waals surface area contributed by atoms with Crippen molar-refractivity contribution in [3.8, 4) is 5.69 Å². The van der Waals surface area contributed by atoms with Gasteiger partial charge in [-0.15, -0.1) is 11.3 Å². The fourth-order valence-corrected chi connectivity index (χ4v) is 4.90. The first-order valence-corrected chi connectivity index (χ1v) is 8.55. The molecular formula is C17H14BN3O2S. The van der Waals surface area contributed by atoms with Gasteiger partial charge in [-0.1, -0.05) is 13.8 Å². The number of rotatable bonds is 1. The molecule has 0 fully saturated rings. The molecule has 0 saturated carbocycles. The molecule has 0 spiro atoms. The van der Waals surface area contributed by atoms with Crippen molar-refractivity contribution < 1.29 is 10.0 Å². The van der Waals surface area contributed by atoms with Crippen LogP contribution >= 0.6 is 11.3 Å². The number of hydrogen-bond donors (Lipinski definition) is 2. The van der Waals surface area contributed by atoms with E-state index in [0.717, 1.165) is 37.9 Å². The van der Waals surface area contributed by atoms with E-state index in [1.165, 1.54) is 11.3 Å². The van der Waals surface area contributed by atoms with Gasteiger partial charge in [-0.3, -0.25) is 9.97 Å². The second-order valence-electron chi connectivity index (χ2n) is 6.67. The second kappa shape index (κ2) is 4.44. The molecule has 118 valence electrons. The highest BCUT2D eigenvalue weighted by Crippen LogP contribution is 2.48. The highest BCUT2D eigenvalue weighted by Gasteiger charge is 2.38. The van der Waals surface area contributed by atoms with E-state index in [2.05, 4.69) is 28.4 Å². The molecule has 5 heterocycles. The van der Waals surface area contributed by atoms with Crippen LogP contribution in [0.4, 0.5) is 0 Å². The third-order valence-corrected chi connectivity index (χ3v) is 6.43. The monoisotopic (exact) mass is 335 g/mol. The lowest BCUT2D eigenvalue weighted by molar-refractivity contribution is 0.427. The molecule has 4 aromatic rings. The molecular weight excluding hydrogens is 321 g/mol. The zero-order valence-electron chi connectivity index (χ0n) is 13.2. The fraction of sp³-hybridized carbons (Fsp3) is 0.176. The summed E-state index contributed by atoms with van der Waals surface area (Å²) in [6.07, 6.45) is 7.45. The Labute approximate surface area is 142 Å². The predicted octanol–water partition coefficient (Wildman–Crippen LogP) is 1.95. The number of nitrogens with zero attached hydrogens (tertiary/aromatic N) is 3. The Balaban J connectivity index is 2.05. The van der Waals surface area contributed by atoms with Crippen molar-refractivity contribution in [1.29, 1.82) is 0 Å². The fourth-order valence-electron chi connectivity index (χ4n) is 3.77. The SMILES string of the molecule is CC1(C)c2sc(B(O)O)cc2-n2c3ccncc3c3cncc1c32. The Bertz CT molecular complexity index is 1130. The Hall–Kier alpha value is -2.22. The molecule has 5 rings (SSSR count). The molecule has 4 aromatic heterocycles. The van der Waals surface area contributed by atoms with Crippen molar-refractivity contribution in [3.05, 3.63) is 47.4 Å². The smallest absolute Gasteiger partial charge is 0.423 e. The van der Waals surface area contributed by atoms with E-state index in [9.17, 15) is 10.0 Å². The van der Waals surface area contributed by atoms with Crippen LogP contribution in [0.5, 0.6) is 0 Å². The zero-order valence-corrected chi connectivity index (χ0v) is 14.0. The molecule has 0 atom stereocenters. The highest BCUT2D eigenvalue weighted by molar-refractivity contribution is 7.22. The largest absolute Gasteiger partial charge is 0.499 e. The summed E-state index contributed by atoms with van der Waals surface area (Å²) in [7, 11) is -1.46. The predicted molar refractivity (Wildman–Crippen MR) is 96.2 cm³/mol. The average Bonchev–Trinajstić information content (AvgIpc) is 3.14. The van der Waals surface area contributed by atoms with Gasteiger partial charge in [-0.2, -0.15) is 0 Å². The van der Waals surface area contributed by atoms with E-state index < -0.39 is 7.12 Å². The lowest BCUT2D eigenvalue weighted by Crippen LogP contribution is -2.26. The van der Waals surface area contributed by atoms with E-state index in [-0.39, 0.29) is 5.41 Å². The van der Waals surface area contributed by atoms with E-state index >= 15 is 0 Å². The Morgan fingerprint density at radius 2 is 1.92 bits per heavy atom. The van der Waals surface area contributed by atoms with Crippen molar-refractivity contribution >= 4 is 45.0 Å². The molecule has 0 aliphatic carbocycles. The lowest BCUT2D eigenvalue weighted by atomic mass is 9.80. The molecule has 7 heteroatoms. The number of pyridine rings is 2. The minimum absolute atomic E-state index is 0.253. The van der Waals surface area contributed by atoms with Crippen molar-refractivity contribution in [2.75, 3.05) is 0 Å². The van der Waals surface area contributed by atoms with Crippen LogP contribution < -0.4 is 4.78 Å². The molecule has 0 bridgehead atoms. The van der Waals surface area contributed by atoms with Crippen LogP contribution in [0.15, 0.2) is 36.9 Å². The van der Waals surface area contributed by atoms with Crippen LogP contribution in [0.3, 0.4) is 0 Å². The van der Waals surface area contributed by atoms with Gasteiger partial charge in [-0.05, 0) is 12.1 Å². The van der Waals surface area contributed by atoms with Crippen molar-refractivity contribution in [1.82, 2.24) is 14.5 Å². The average molecular weight is 335 g/mol. The van der Waals surface area contributed by atoms with Gasteiger partial charge in [0.15, 0.2) is 0 Å². The molecule has 0 unspecified atom stereocenters. The molecule has 5 nitrogen and oxygen atoms in total. The van der Waals surface area contributed by atoms with Crippen LogP contribution in [-0.2, 0) is 5.41 Å². The van der Waals surface area contributed by atoms with Gasteiger partial charge in [0.2, 0.25) is 0 Å². The van der Waals surface area contributed by atoms with Gasteiger partial charge in [0.1, 0.15) is 0 Å². The molecule has 0 aromatic carbocycles. The van der Waals surface area contributed by atoms with Crippen LogP contribution in [0.2, 0.25) is 0 Å². The zero-order chi connectivity index (χ0) is 16.6. The summed E-state index contributed by atoms with van der Waals surface area (Å²) in [6, 6.07) is 3.88. The minimum atomic E-state index is -1.46. The molecule has 24 heavy (non-hydrogen) atoms. The molecule has 1 aliphatic rings. The van der Waals surface area contributed by atoms with Gasteiger partial charge in [-0.25, -0.2) is 0 Å². The van der Waals surface area contributed by atoms with E-state index in [1.54, 1.807) is 6.20 Å². The van der Waals surface area contributed by atoms with E-state index in [1.807, 2.05) is 30.7 Å². The third-order valence-electron chi connectivity index (χ3n) is 4.94. The first-order valence-electron chi connectivity index (χ1n) is 7.73. The maximum Gasteiger partial charge on any atom is 0.499 e. The standard InChI is InChI=1S/C17H14BN3O2S/c1-17(2)11-8-20-7-10-9-6-19-4-3-12(9)21(15(10)11)13-5-14(18(22)23)24-16(13)17/h3-8,22-23H,1-2H3. The highest BCUT2D eigenvalue weighted by atomic mass is 32.1. The number of aromatic nitrogens is 3. The Morgan fingerprint density at radius 1 is 1.12 bits per heavy atom. The Kier molecular flexibility index (Phi) is 2.62. The molecule has 0 radical (unpaired) electrons. The summed E-state index contributed by atoms with van der Waals surface area (Å²) in [5.41, 5.74) is 4.09. The van der Waals surface area contributed by atoms with Crippen LogP contribution in [0, 0.1) is 0 Å². The van der Waals surface area contributed by atoms with Gasteiger partial charge < -0.3 is 14.6 Å². The van der Waals surface area contributed by atoms with Crippen molar-refractivity contribution in [3.63, 3.8) is 0 Å². The van der Waals surface area contributed by atoms with Crippen LogP contribution in [-0.4, -0.2) is 31.7 Å². The number of thiophene rings is 1. The first-order chi connectivity index (χ1) is 11.5. The van der Waals surface area contributed by atoms with E-state index in [4.69, 9.17) is 0 Å². The molecule has 1 aliphatic heterocycles. The van der Waals surface area contributed by atoms with Gasteiger partial charge in [0.05, 0.1) is 16.7 Å². The second-order valence-corrected chi connectivity index (χ2v) is 7.76. The van der Waals surface area contributed by atoms with Gasteiger partial charge >= 0.3 is 7.12 Å². The lowest BCUT2D eigenvalue weighted by Gasteiger charge is -2.31. The number of fused-ring (bicyclic) bond motifs is 5. The molecule has 0 saturated heterocycles. The summed E-state index contributed by atoms with van der Waals surface area (Å²) in [5.74, 6) is 0. The van der Waals surface area contributed by atoms with Gasteiger partial charge in [0, 0.05) is 56.2 Å². The summed E-state index contributed by atoms with van der Waals surface area (Å²) in [6.45, 7) is 4.32. The first kappa shape index (κ1) is 14.2. The van der Waals surface area contributed by atoms with Crippen LogP contribution in [0.1, 0.15) is 24.3 Å². The van der Waals surface area contributed by atoms with Crippen LogP contribution in [0.25, 0.3) is 27.5 Å². The van der Waals surface area contributed by atoms with Crippen molar-refractivity contribution in [2.45, 2.75) is 19.3 Å². The maximum absolute atomic E-state index is 9.65. The summed E-state index contributed by atoms with van der Waals surface area (Å²) in [5, 5.41) is 21.4. The topological polar surface area (TPSA) is 71.2 Å². The van der Waals surface area contributed by atoms with Gasteiger partial charge in [0.25, 0.3) is 0 Å². The summed E-state index contributed by atoms with van der Waals surface area (Å²) >= 11 is 1.45. The Morgan fingerprint density at radius 3 is 2.71 bits per heavy atom. The molecule has 0 amide bonds. The third kappa shape index (κ3) is 1.57. The maximum atomic E-state index is 9.65. The van der Waals surface area contributed by atoms with Crippen molar-refractivity contribution in [2.24, 2.45) is 0 Å².